The van der Waals surface area contributed by atoms with Crippen LogP contribution in [0.1, 0.15) is 12.0 Å². The van der Waals surface area contributed by atoms with Gasteiger partial charge in [-0.2, -0.15) is 5.10 Å². The first kappa shape index (κ1) is 12.0. The van der Waals surface area contributed by atoms with E-state index in [9.17, 15) is 8.78 Å². The Morgan fingerprint density at radius 3 is 2.59 bits per heavy atom. The van der Waals surface area contributed by atoms with Crippen molar-refractivity contribution < 1.29 is 8.78 Å². The average Bonchev–Trinajstić information content (AvgIpc) is 2.59. The third kappa shape index (κ3) is 2.17. The molecule has 0 spiro atoms. The second kappa shape index (κ2) is 4.44. The van der Waals surface area contributed by atoms with Crippen LogP contribution in [0.2, 0.25) is 0 Å². The Bertz CT molecular complexity index is 552. The molecule has 0 aliphatic rings. The summed E-state index contributed by atoms with van der Waals surface area (Å²) in [7, 11) is 1.67. The van der Waals surface area contributed by atoms with Crippen molar-refractivity contribution in [2.75, 3.05) is 5.73 Å². The maximum atomic E-state index is 12.9. The van der Waals surface area contributed by atoms with Crippen LogP contribution in [0.3, 0.4) is 0 Å². The van der Waals surface area contributed by atoms with Crippen LogP contribution in [0.25, 0.3) is 11.1 Å². The van der Waals surface area contributed by atoms with Gasteiger partial charge in [-0.3, -0.25) is 4.68 Å². The molecule has 2 rings (SSSR count). The molecule has 0 saturated carbocycles. The van der Waals surface area contributed by atoms with E-state index in [1.807, 2.05) is 0 Å². The Hall–Kier alpha value is -1.43. The molecule has 0 aliphatic carbocycles. The van der Waals surface area contributed by atoms with E-state index in [0.717, 1.165) is 4.47 Å². The summed E-state index contributed by atoms with van der Waals surface area (Å²) >= 11 is 3.26. The Morgan fingerprint density at radius 2 is 2.06 bits per heavy atom. The number of halogens is 3. The van der Waals surface area contributed by atoms with Crippen molar-refractivity contribution >= 4 is 21.7 Å². The number of aromatic nitrogens is 2. The van der Waals surface area contributed by atoms with E-state index < -0.39 is 6.43 Å². The van der Waals surface area contributed by atoms with Crippen LogP contribution >= 0.6 is 15.9 Å². The van der Waals surface area contributed by atoms with E-state index in [4.69, 9.17) is 5.73 Å². The number of rotatable bonds is 2. The number of hydrogen-bond acceptors (Lipinski definition) is 2. The first-order chi connectivity index (χ1) is 8.00. The predicted molar refractivity (Wildman–Crippen MR) is 65.7 cm³/mol. The third-order valence-electron chi connectivity index (χ3n) is 2.53. The molecule has 0 bridgehead atoms. The van der Waals surface area contributed by atoms with E-state index in [0.29, 0.717) is 16.9 Å². The highest BCUT2D eigenvalue weighted by molar-refractivity contribution is 9.10. The Kier molecular flexibility index (Phi) is 3.15. The summed E-state index contributed by atoms with van der Waals surface area (Å²) in [6.45, 7) is 0. The Morgan fingerprint density at radius 1 is 1.35 bits per heavy atom. The van der Waals surface area contributed by atoms with Crippen LogP contribution in [0.4, 0.5) is 14.6 Å². The number of anilines is 1. The van der Waals surface area contributed by atoms with Crippen LogP contribution in [-0.2, 0) is 7.05 Å². The third-order valence-corrected chi connectivity index (χ3v) is 3.02. The number of nitrogen functional groups attached to an aromatic ring is 1. The van der Waals surface area contributed by atoms with Crippen molar-refractivity contribution in [3.8, 4) is 11.1 Å². The lowest BCUT2D eigenvalue weighted by Crippen LogP contribution is -1.99. The van der Waals surface area contributed by atoms with Gasteiger partial charge in [0.1, 0.15) is 5.82 Å². The summed E-state index contributed by atoms with van der Waals surface area (Å²) in [6.07, 6.45) is -1.05. The summed E-state index contributed by atoms with van der Waals surface area (Å²) in [5.74, 6) is 0.366. The lowest BCUT2D eigenvalue weighted by molar-refractivity contribution is 0.152. The normalized spacial score (nSPS) is 11.1. The fourth-order valence-electron chi connectivity index (χ4n) is 1.61. The molecule has 2 aromatic rings. The van der Waals surface area contributed by atoms with Crippen LogP contribution in [0.5, 0.6) is 0 Å². The van der Waals surface area contributed by atoms with Crippen LogP contribution in [0, 0.1) is 0 Å². The van der Waals surface area contributed by atoms with Crippen molar-refractivity contribution in [3.05, 3.63) is 34.4 Å². The topological polar surface area (TPSA) is 43.8 Å². The van der Waals surface area contributed by atoms with Gasteiger partial charge in [-0.25, -0.2) is 8.78 Å². The molecule has 90 valence electrons. The molecule has 0 aliphatic heterocycles. The Balaban J connectivity index is 2.65. The predicted octanol–water partition coefficient (Wildman–Crippen LogP) is 3.37. The van der Waals surface area contributed by atoms with Gasteiger partial charge < -0.3 is 5.73 Å². The summed E-state index contributed by atoms with van der Waals surface area (Å²) in [6, 6.07) is 4.59. The summed E-state index contributed by atoms with van der Waals surface area (Å²) < 4.78 is 28.0. The highest BCUT2D eigenvalue weighted by Gasteiger charge is 2.17. The molecule has 0 saturated heterocycles. The Labute approximate surface area is 105 Å². The first-order valence-corrected chi connectivity index (χ1v) is 5.65. The monoisotopic (exact) mass is 301 g/mol. The van der Waals surface area contributed by atoms with E-state index in [1.54, 1.807) is 19.2 Å². The SMILES string of the molecule is Cn1ncc(-c2cc(Br)ccc2C(F)F)c1N. The molecule has 3 nitrogen and oxygen atoms in total. The summed E-state index contributed by atoms with van der Waals surface area (Å²) in [5.41, 5.74) is 6.67. The molecular formula is C11H10BrF2N3. The second-order valence-electron chi connectivity index (χ2n) is 3.60. The summed E-state index contributed by atoms with van der Waals surface area (Å²) in [4.78, 5) is 0. The zero-order chi connectivity index (χ0) is 12.6. The lowest BCUT2D eigenvalue weighted by atomic mass is 10.0. The van der Waals surface area contributed by atoms with Gasteiger partial charge in [-0.05, 0) is 17.7 Å². The van der Waals surface area contributed by atoms with Gasteiger partial charge in [0.2, 0.25) is 0 Å². The average molecular weight is 302 g/mol. The quantitative estimate of drug-likeness (QED) is 0.924. The minimum atomic E-state index is -2.54. The standard InChI is InChI=1S/C11H10BrF2N3/c1-17-11(15)9(5-16-17)8-4-6(12)2-3-7(8)10(13)14/h2-5,10H,15H2,1H3. The largest absolute Gasteiger partial charge is 0.383 e. The van der Waals surface area contributed by atoms with Gasteiger partial charge in [0.05, 0.1) is 6.20 Å². The molecule has 2 N–H and O–H groups in total. The minimum absolute atomic E-state index is 0.0482. The van der Waals surface area contributed by atoms with Gasteiger partial charge in [-0.1, -0.05) is 22.0 Å². The van der Waals surface area contributed by atoms with Crippen molar-refractivity contribution in [1.29, 1.82) is 0 Å². The molecule has 0 radical (unpaired) electrons. The molecule has 0 atom stereocenters. The molecule has 1 aromatic carbocycles. The molecule has 1 heterocycles. The van der Waals surface area contributed by atoms with Gasteiger partial charge >= 0.3 is 0 Å². The first-order valence-electron chi connectivity index (χ1n) is 4.86. The lowest BCUT2D eigenvalue weighted by Gasteiger charge is -2.09. The highest BCUT2D eigenvalue weighted by Crippen LogP contribution is 2.35. The molecule has 0 unspecified atom stereocenters. The number of benzene rings is 1. The molecule has 0 amide bonds. The molecular weight excluding hydrogens is 292 g/mol. The molecule has 17 heavy (non-hydrogen) atoms. The molecule has 1 aromatic heterocycles. The smallest absolute Gasteiger partial charge is 0.264 e. The number of hydrogen-bond donors (Lipinski definition) is 1. The second-order valence-corrected chi connectivity index (χ2v) is 4.52. The van der Waals surface area contributed by atoms with E-state index in [2.05, 4.69) is 21.0 Å². The van der Waals surface area contributed by atoms with Crippen molar-refractivity contribution in [1.82, 2.24) is 9.78 Å². The fraction of sp³-hybridized carbons (Fsp3) is 0.182. The van der Waals surface area contributed by atoms with Gasteiger partial charge in [-0.15, -0.1) is 0 Å². The van der Waals surface area contributed by atoms with Crippen molar-refractivity contribution in [2.24, 2.45) is 7.05 Å². The zero-order valence-electron chi connectivity index (χ0n) is 8.99. The highest BCUT2D eigenvalue weighted by atomic mass is 79.9. The molecule has 6 heteroatoms. The van der Waals surface area contributed by atoms with Crippen LogP contribution in [0.15, 0.2) is 28.9 Å². The van der Waals surface area contributed by atoms with E-state index >= 15 is 0 Å². The van der Waals surface area contributed by atoms with E-state index in [1.165, 1.54) is 16.9 Å². The van der Waals surface area contributed by atoms with Crippen molar-refractivity contribution in [2.45, 2.75) is 6.43 Å². The van der Waals surface area contributed by atoms with Crippen LogP contribution < -0.4 is 5.73 Å². The fourth-order valence-corrected chi connectivity index (χ4v) is 1.97. The number of alkyl halides is 2. The zero-order valence-corrected chi connectivity index (χ0v) is 10.6. The summed E-state index contributed by atoms with van der Waals surface area (Å²) in [5, 5.41) is 3.95. The van der Waals surface area contributed by atoms with Gasteiger partial charge in [0.15, 0.2) is 0 Å². The maximum Gasteiger partial charge on any atom is 0.264 e. The maximum absolute atomic E-state index is 12.9. The minimum Gasteiger partial charge on any atom is -0.383 e. The van der Waals surface area contributed by atoms with E-state index in [-0.39, 0.29) is 5.56 Å². The van der Waals surface area contributed by atoms with Crippen LogP contribution in [-0.4, -0.2) is 9.78 Å². The number of nitrogens with zero attached hydrogens (tertiary/aromatic N) is 2. The molecule has 0 fully saturated rings. The number of aryl methyl sites for hydroxylation is 1. The van der Waals surface area contributed by atoms with Gasteiger partial charge in [0.25, 0.3) is 6.43 Å². The van der Waals surface area contributed by atoms with Gasteiger partial charge in [0, 0.05) is 22.6 Å². The van der Waals surface area contributed by atoms with Crippen molar-refractivity contribution in [3.63, 3.8) is 0 Å². The number of nitrogens with two attached hydrogens (primary N) is 1.